The fraction of sp³-hybridized carbons (Fsp3) is 0.394. The third kappa shape index (κ3) is 6.10. The van der Waals surface area contributed by atoms with E-state index in [-0.39, 0.29) is 17.1 Å². The molecule has 2 atom stereocenters. The number of nitrogens with zero attached hydrogens (tertiary/aromatic N) is 5. The zero-order chi connectivity index (χ0) is 32.7. The number of fused-ring (bicyclic) bond motifs is 2. The van der Waals surface area contributed by atoms with E-state index in [0.717, 1.165) is 22.0 Å². The van der Waals surface area contributed by atoms with Gasteiger partial charge in [0.1, 0.15) is 18.1 Å². The molecule has 7 rings (SSSR count). The minimum atomic E-state index is -4.77. The number of hydrogen-bond acceptors (Lipinski definition) is 8. The monoisotopic (exact) mass is 649 g/mol. The number of alkyl halides is 3. The largest absolute Gasteiger partial charge is 0.497 e. The normalized spacial score (nSPS) is 18.9. The summed E-state index contributed by atoms with van der Waals surface area (Å²) >= 11 is 0. The van der Waals surface area contributed by atoms with E-state index in [0.29, 0.717) is 67.2 Å². The Morgan fingerprint density at radius 3 is 2.66 bits per heavy atom. The van der Waals surface area contributed by atoms with Crippen molar-refractivity contribution in [2.24, 2.45) is 5.92 Å². The molecule has 2 N–H and O–H groups in total. The Morgan fingerprint density at radius 2 is 1.91 bits per heavy atom. The molecule has 0 bridgehead atoms. The van der Waals surface area contributed by atoms with Crippen molar-refractivity contribution in [3.8, 4) is 22.9 Å². The number of pyridine rings is 1. The van der Waals surface area contributed by atoms with Gasteiger partial charge in [-0.2, -0.15) is 13.2 Å². The van der Waals surface area contributed by atoms with Crippen molar-refractivity contribution >= 4 is 27.8 Å². The standard InChI is InChI=1S/C33H34F3N7O4/c1-45-22-7-8-25-27(13-22)43(32(41-25)33(34,35)36)16-29(44)42-10-9-21(37-14-19-17-47-18-19)12-28(42)30-38-15-26(39-30)23-11-20-5-3-4-6-24(20)40-31(23)46-2/h3-8,11,13,15,19,21,28,37H,9-10,12,14,16-18H2,1-2H3,(H,38,39)/t21-,28-/m0/s1. The van der Waals surface area contributed by atoms with Crippen LogP contribution in [-0.4, -0.2) is 81.9 Å². The smallest absolute Gasteiger partial charge is 0.449 e. The quantitative estimate of drug-likeness (QED) is 0.230. The van der Waals surface area contributed by atoms with Crippen molar-refractivity contribution < 1.29 is 32.2 Å². The van der Waals surface area contributed by atoms with Crippen LogP contribution in [0.15, 0.2) is 54.7 Å². The number of ether oxygens (including phenoxy) is 3. The van der Waals surface area contributed by atoms with Crippen LogP contribution in [0.1, 0.15) is 30.5 Å². The third-order valence-corrected chi connectivity index (χ3v) is 8.91. The number of piperidine rings is 1. The molecule has 0 aliphatic carbocycles. The minimum absolute atomic E-state index is 0.0687. The maximum absolute atomic E-state index is 14.2. The maximum atomic E-state index is 14.2. The lowest BCUT2D eigenvalue weighted by Gasteiger charge is -2.40. The third-order valence-electron chi connectivity index (χ3n) is 8.91. The van der Waals surface area contributed by atoms with Gasteiger partial charge in [0.2, 0.25) is 17.6 Å². The summed E-state index contributed by atoms with van der Waals surface area (Å²) < 4.78 is 59.6. The summed E-state index contributed by atoms with van der Waals surface area (Å²) in [5.41, 5.74) is 2.42. The number of carbonyl (C=O) groups excluding carboxylic acids is 1. The van der Waals surface area contributed by atoms with Gasteiger partial charge in [-0.15, -0.1) is 0 Å². The summed E-state index contributed by atoms with van der Waals surface area (Å²) in [5.74, 6) is 0.124. The van der Waals surface area contributed by atoms with Crippen LogP contribution in [0.2, 0.25) is 0 Å². The Bertz CT molecular complexity index is 1920. The van der Waals surface area contributed by atoms with Gasteiger partial charge in [0.05, 0.1) is 67.5 Å². The van der Waals surface area contributed by atoms with Crippen molar-refractivity contribution in [3.05, 3.63) is 66.4 Å². The lowest BCUT2D eigenvalue weighted by molar-refractivity contribution is -0.148. The number of nitrogens with one attached hydrogen (secondary N) is 2. The highest BCUT2D eigenvalue weighted by Gasteiger charge is 2.40. The molecule has 2 aliphatic rings. The van der Waals surface area contributed by atoms with Crippen LogP contribution in [0.3, 0.4) is 0 Å². The van der Waals surface area contributed by atoms with Crippen LogP contribution in [0.25, 0.3) is 33.2 Å². The van der Waals surface area contributed by atoms with E-state index in [4.69, 9.17) is 19.2 Å². The molecule has 0 radical (unpaired) electrons. The van der Waals surface area contributed by atoms with Crippen LogP contribution < -0.4 is 14.8 Å². The van der Waals surface area contributed by atoms with Gasteiger partial charge in [0.25, 0.3) is 0 Å². The minimum Gasteiger partial charge on any atom is -0.497 e. The zero-order valence-corrected chi connectivity index (χ0v) is 25.9. The lowest BCUT2D eigenvalue weighted by Crippen LogP contribution is -2.50. The van der Waals surface area contributed by atoms with Crippen LogP contribution in [-0.2, 0) is 22.3 Å². The number of aromatic nitrogens is 5. The molecule has 2 fully saturated rings. The Hall–Kier alpha value is -4.69. The van der Waals surface area contributed by atoms with Crippen molar-refractivity contribution in [2.45, 2.75) is 37.6 Å². The number of halogens is 3. The SMILES string of the molecule is COc1ccc2nc(C(F)(F)F)n(CC(=O)N3CC[C@H](NCC4COC4)C[C@H]3c3ncc(-c4cc5ccccc5nc4OC)[nH]3)c2c1. The number of carbonyl (C=O) groups is 1. The molecule has 1 amide bonds. The lowest BCUT2D eigenvalue weighted by atomic mass is 9.95. The van der Waals surface area contributed by atoms with E-state index in [9.17, 15) is 18.0 Å². The second-order valence-electron chi connectivity index (χ2n) is 11.9. The van der Waals surface area contributed by atoms with E-state index in [1.807, 2.05) is 30.3 Å². The highest BCUT2D eigenvalue weighted by atomic mass is 19.4. The topological polar surface area (TPSA) is 119 Å². The fourth-order valence-electron chi connectivity index (χ4n) is 6.37. The molecule has 0 spiro atoms. The molecule has 14 heteroatoms. The predicted octanol–water partition coefficient (Wildman–Crippen LogP) is 4.98. The van der Waals surface area contributed by atoms with Crippen molar-refractivity contribution in [1.82, 2.24) is 34.7 Å². The second kappa shape index (κ2) is 12.5. The van der Waals surface area contributed by atoms with E-state index in [2.05, 4.69) is 20.3 Å². The van der Waals surface area contributed by atoms with Gasteiger partial charge in [-0.3, -0.25) is 4.79 Å². The molecule has 2 aromatic carbocycles. The highest BCUT2D eigenvalue weighted by Crippen LogP contribution is 2.36. The first kappa shape index (κ1) is 30.9. The summed E-state index contributed by atoms with van der Waals surface area (Å²) in [7, 11) is 2.98. The molecule has 47 heavy (non-hydrogen) atoms. The molecule has 2 aliphatic heterocycles. The molecule has 246 valence electrons. The van der Waals surface area contributed by atoms with Crippen molar-refractivity contribution in [2.75, 3.05) is 40.5 Å². The number of methoxy groups -OCH3 is 2. The van der Waals surface area contributed by atoms with E-state index >= 15 is 0 Å². The molecule has 11 nitrogen and oxygen atoms in total. The summed E-state index contributed by atoms with van der Waals surface area (Å²) in [4.78, 5) is 32.2. The summed E-state index contributed by atoms with van der Waals surface area (Å²) in [5, 5.41) is 4.52. The van der Waals surface area contributed by atoms with Gasteiger partial charge in [-0.25, -0.2) is 15.0 Å². The number of likely N-dealkylation sites (tertiary alicyclic amines) is 1. The van der Waals surface area contributed by atoms with Crippen LogP contribution in [0.4, 0.5) is 13.2 Å². The van der Waals surface area contributed by atoms with Gasteiger partial charge >= 0.3 is 6.18 Å². The number of aromatic amines is 1. The van der Waals surface area contributed by atoms with Crippen molar-refractivity contribution in [3.63, 3.8) is 0 Å². The Balaban J connectivity index is 1.22. The van der Waals surface area contributed by atoms with Crippen LogP contribution >= 0.6 is 0 Å². The Labute approximate surface area is 268 Å². The number of benzene rings is 2. The molecule has 2 saturated heterocycles. The van der Waals surface area contributed by atoms with Gasteiger partial charge in [0, 0.05) is 36.5 Å². The maximum Gasteiger partial charge on any atom is 0.449 e. The van der Waals surface area contributed by atoms with E-state index in [1.54, 1.807) is 24.3 Å². The molecule has 5 heterocycles. The highest BCUT2D eigenvalue weighted by molar-refractivity contribution is 5.85. The first-order valence-electron chi connectivity index (χ1n) is 15.4. The number of rotatable bonds is 9. The van der Waals surface area contributed by atoms with Crippen LogP contribution in [0.5, 0.6) is 11.6 Å². The average molecular weight is 650 g/mol. The van der Waals surface area contributed by atoms with Gasteiger partial charge in [-0.1, -0.05) is 18.2 Å². The number of imidazole rings is 2. The zero-order valence-electron chi connectivity index (χ0n) is 25.9. The van der Waals surface area contributed by atoms with Gasteiger partial charge < -0.3 is 34.0 Å². The summed E-state index contributed by atoms with van der Waals surface area (Å²) in [6.07, 6.45) is -1.94. The first-order valence-corrected chi connectivity index (χ1v) is 15.4. The molecular weight excluding hydrogens is 615 g/mol. The Morgan fingerprint density at radius 1 is 1.09 bits per heavy atom. The average Bonchev–Trinajstić information content (AvgIpc) is 3.68. The number of amides is 1. The molecule has 3 aromatic heterocycles. The first-order chi connectivity index (χ1) is 22.7. The second-order valence-corrected chi connectivity index (χ2v) is 11.9. The molecule has 0 saturated carbocycles. The fourth-order valence-corrected chi connectivity index (χ4v) is 6.37. The van der Waals surface area contributed by atoms with Gasteiger partial charge in [-0.05, 0) is 37.1 Å². The van der Waals surface area contributed by atoms with Gasteiger partial charge in [0.15, 0.2) is 0 Å². The number of para-hydroxylation sites is 1. The van der Waals surface area contributed by atoms with E-state index < -0.39 is 30.5 Å². The van der Waals surface area contributed by atoms with E-state index in [1.165, 1.54) is 19.2 Å². The van der Waals surface area contributed by atoms with Crippen molar-refractivity contribution in [1.29, 1.82) is 0 Å². The predicted molar refractivity (Wildman–Crippen MR) is 167 cm³/mol. The number of H-pyrrole nitrogens is 1. The summed E-state index contributed by atoms with van der Waals surface area (Å²) in [6, 6.07) is 13.7. The number of hydrogen-bond donors (Lipinski definition) is 2. The molecule has 5 aromatic rings. The molecular formula is C33H34F3N7O4. The van der Waals surface area contributed by atoms with Crippen LogP contribution in [0, 0.1) is 5.92 Å². The molecule has 0 unspecified atom stereocenters. The Kier molecular flexibility index (Phi) is 8.22. The summed E-state index contributed by atoms with van der Waals surface area (Å²) in [6.45, 7) is 1.98.